The van der Waals surface area contributed by atoms with Gasteiger partial charge in [-0.2, -0.15) is 0 Å². The normalized spacial score (nSPS) is 20.1. The fraction of sp³-hybridized carbons (Fsp3) is 0.316. The zero-order valence-corrected chi connectivity index (χ0v) is 28.7. The molecule has 0 bridgehead atoms. The minimum Gasteiger partial charge on any atom is -0.378 e. The number of anilines is 2. The maximum absolute atomic E-state index is 14.0. The standard InChI is InChI=1S/C38H39N7O4S/c1-26-23-40-31(24-39-26)25-45-37(48)35(50-38(45)42-30-13-15-32(16-14-30)43-18-20-49-21-19-43)28-9-11-29(12-10-28)41-36(47)33-8-5-17-44(33)34(46)22-27-6-3-2-4-7-27/h2-4,6-7,9-16,23-24,33,35H,5,8,17-22,25H2,1H3,(H,41,47)/t33-,35?/m0/s1. The molecule has 12 heteroatoms. The van der Waals surface area contributed by atoms with Crippen LogP contribution in [0.25, 0.3) is 0 Å². The number of amidine groups is 1. The van der Waals surface area contributed by atoms with Crippen LogP contribution >= 0.6 is 11.8 Å². The zero-order valence-electron chi connectivity index (χ0n) is 27.9. The summed E-state index contributed by atoms with van der Waals surface area (Å²) in [6.07, 6.45) is 5.05. The number of aliphatic imine (C=N–C) groups is 1. The molecule has 3 aliphatic rings. The fourth-order valence-electron chi connectivity index (χ4n) is 6.41. The summed E-state index contributed by atoms with van der Waals surface area (Å²) >= 11 is 1.39. The SMILES string of the molecule is Cc1cnc(CN2C(=O)C(c3ccc(NC(=O)[C@@H]4CCCN4C(=O)Cc4ccccc4)cc3)SC2=Nc2ccc(N3CCOCC3)cc2)cn1. The molecule has 3 fully saturated rings. The van der Waals surface area contributed by atoms with Crippen LogP contribution in [0.3, 0.4) is 0 Å². The fourth-order valence-corrected chi connectivity index (χ4v) is 7.58. The first-order valence-electron chi connectivity index (χ1n) is 16.9. The summed E-state index contributed by atoms with van der Waals surface area (Å²) in [5.74, 6) is -0.355. The largest absolute Gasteiger partial charge is 0.378 e. The Kier molecular flexibility index (Phi) is 10.2. The summed E-state index contributed by atoms with van der Waals surface area (Å²) in [5.41, 5.74) is 5.67. The van der Waals surface area contributed by atoms with Gasteiger partial charge >= 0.3 is 0 Å². The minimum absolute atomic E-state index is 0.0485. The third-order valence-electron chi connectivity index (χ3n) is 9.10. The number of benzene rings is 3. The Labute approximate surface area is 295 Å². The molecule has 0 radical (unpaired) electrons. The summed E-state index contributed by atoms with van der Waals surface area (Å²) < 4.78 is 5.49. The van der Waals surface area contributed by atoms with Gasteiger partial charge in [0, 0.05) is 37.2 Å². The maximum atomic E-state index is 14.0. The van der Waals surface area contributed by atoms with E-state index in [1.54, 1.807) is 34.3 Å². The third kappa shape index (κ3) is 7.71. The molecule has 3 aliphatic heterocycles. The Balaban J connectivity index is 1.05. The number of carbonyl (C=O) groups excluding carboxylic acids is 3. The van der Waals surface area contributed by atoms with Gasteiger partial charge in [-0.05, 0) is 67.3 Å². The molecule has 3 amide bonds. The topological polar surface area (TPSA) is 120 Å². The number of carbonyl (C=O) groups is 3. The summed E-state index contributed by atoms with van der Waals surface area (Å²) in [6.45, 7) is 5.81. The number of thioether (sulfide) groups is 1. The maximum Gasteiger partial charge on any atom is 0.247 e. The van der Waals surface area contributed by atoms with Crippen molar-refractivity contribution in [2.75, 3.05) is 43.1 Å². The molecule has 0 saturated carbocycles. The summed E-state index contributed by atoms with van der Waals surface area (Å²) in [5, 5.41) is 3.05. The van der Waals surface area contributed by atoms with Gasteiger partial charge < -0.3 is 19.9 Å². The van der Waals surface area contributed by atoms with E-state index < -0.39 is 11.3 Å². The van der Waals surface area contributed by atoms with E-state index in [9.17, 15) is 14.4 Å². The van der Waals surface area contributed by atoms with Crippen molar-refractivity contribution in [3.8, 4) is 0 Å². The van der Waals surface area contributed by atoms with Crippen molar-refractivity contribution < 1.29 is 19.1 Å². The van der Waals surface area contributed by atoms with Gasteiger partial charge in [-0.3, -0.25) is 29.3 Å². The number of hydrogen-bond donors (Lipinski definition) is 1. The van der Waals surface area contributed by atoms with Crippen LogP contribution in [0.15, 0.2) is 96.2 Å². The molecule has 7 rings (SSSR count). The molecule has 1 aromatic heterocycles. The summed E-state index contributed by atoms with van der Waals surface area (Å²) in [4.78, 5) is 59.8. The number of hydrogen-bond acceptors (Lipinski definition) is 9. The van der Waals surface area contributed by atoms with Crippen LogP contribution in [0.5, 0.6) is 0 Å². The quantitative estimate of drug-likeness (QED) is 0.252. The molecule has 4 heterocycles. The first kappa shape index (κ1) is 33.4. The highest BCUT2D eigenvalue weighted by molar-refractivity contribution is 8.15. The number of rotatable bonds is 9. The average Bonchev–Trinajstić information content (AvgIpc) is 3.76. The second kappa shape index (κ2) is 15.2. The monoisotopic (exact) mass is 689 g/mol. The van der Waals surface area contributed by atoms with Crippen LogP contribution in [0, 0.1) is 6.92 Å². The molecule has 1 unspecified atom stereocenters. The molecule has 11 nitrogen and oxygen atoms in total. The summed E-state index contributed by atoms with van der Waals surface area (Å²) in [7, 11) is 0. The highest BCUT2D eigenvalue weighted by Crippen LogP contribution is 2.41. The van der Waals surface area contributed by atoms with Crippen LogP contribution in [0.2, 0.25) is 0 Å². The Bertz CT molecular complexity index is 1850. The first-order valence-corrected chi connectivity index (χ1v) is 17.8. The lowest BCUT2D eigenvalue weighted by Gasteiger charge is -2.28. The van der Waals surface area contributed by atoms with E-state index in [2.05, 4.69) is 32.3 Å². The van der Waals surface area contributed by atoms with Crippen molar-refractivity contribution in [3.63, 3.8) is 0 Å². The number of likely N-dealkylation sites (tertiary alicyclic amines) is 1. The molecule has 1 N–H and O–H groups in total. The van der Waals surface area contributed by atoms with Crippen LogP contribution in [-0.2, 0) is 32.1 Å². The lowest BCUT2D eigenvalue weighted by atomic mass is 10.1. The second-order valence-corrected chi connectivity index (χ2v) is 13.7. The number of ether oxygens (including phenoxy) is 1. The number of aromatic nitrogens is 2. The van der Waals surface area contributed by atoms with E-state index in [-0.39, 0.29) is 30.7 Å². The number of nitrogens with one attached hydrogen (secondary N) is 1. The highest BCUT2D eigenvalue weighted by Gasteiger charge is 2.39. The van der Waals surface area contributed by atoms with Gasteiger partial charge in [-0.15, -0.1) is 0 Å². The van der Waals surface area contributed by atoms with Gasteiger partial charge in [0.1, 0.15) is 11.3 Å². The van der Waals surface area contributed by atoms with Crippen LogP contribution in [-0.4, -0.2) is 81.5 Å². The van der Waals surface area contributed by atoms with E-state index in [0.717, 1.165) is 47.7 Å². The van der Waals surface area contributed by atoms with Crippen molar-refractivity contribution in [1.29, 1.82) is 0 Å². The molecule has 0 aliphatic carbocycles. The van der Waals surface area contributed by atoms with Gasteiger partial charge in [0.05, 0.1) is 49.5 Å². The Hall–Kier alpha value is -5.07. The Morgan fingerprint density at radius 1 is 0.940 bits per heavy atom. The van der Waals surface area contributed by atoms with E-state index >= 15 is 0 Å². The Morgan fingerprint density at radius 2 is 1.70 bits per heavy atom. The summed E-state index contributed by atoms with van der Waals surface area (Å²) in [6, 6.07) is 24.5. The lowest BCUT2D eigenvalue weighted by Crippen LogP contribution is -2.43. The predicted octanol–water partition coefficient (Wildman–Crippen LogP) is 5.30. The van der Waals surface area contributed by atoms with Gasteiger partial charge in [-0.1, -0.05) is 54.2 Å². The molecule has 4 aromatic rings. The number of nitrogens with zero attached hydrogens (tertiary/aromatic N) is 6. The van der Waals surface area contributed by atoms with E-state index in [4.69, 9.17) is 9.73 Å². The number of amides is 3. The number of morpholine rings is 1. The van der Waals surface area contributed by atoms with Crippen LogP contribution in [0.1, 0.15) is 40.6 Å². The minimum atomic E-state index is -0.523. The number of aryl methyl sites for hydroxylation is 1. The van der Waals surface area contributed by atoms with Gasteiger partial charge in [0.2, 0.25) is 17.7 Å². The van der Waals surface area contributed by atoms with E-state index in [1.807, 2.05) is 61.5 Å². The third-order valence-corrected chi connectivity index (χ3v) is 10.3. The van der Waals surface area contributed by atoms with E-state index in [0.29, 0.717) is 42.7 Å². The highest BCUT2D eigenvalue weighted by atomic mass is 32.2. The van der Waals surface area contributed by atoms with Crippen molar-refractivity contribution in [2.24, 2.45) is 4.99 Å². The smallest absolute Gasteiger partial charge is 0.247 e. The second-order valence-electron chi connectivity index (χ2n) is 12.6. The zero-order chi connectivity index (χ0) is 34.5. The molecule has 2 atom stereocenters. The molecular weight excluding hydrogens is 651 g/mol. The van der Waals surface area contributed by atoms with E-state index in [1.165, 1.54) is 11.8 Å². The van der Waals surface area contributed by atoms with Gasteiger partial charge in [0.25, 0.3) is 0 Å². The molecule has 0 spiro atoms. The van der Waals surface area contributed by atoms with Crippen molar-refractivity contribution in [2.45, 2.75) is 44.0 Å². The molecule has 50 heavy (non-hydrogen) atoms. The molecule has 3 aromatic carbocycles. The van der Waals surface area contributed by atoms with Gasteiger partial charge in [-0.25, -0.2) is 4.99 Å². The predicted molar refractivity (Wildman–Crippen MR) is 194 cm³/mol. The average molecular weight is 690 g/mol. The first-order chi connectivity index (χ1) is 24.4. The lowest BCUT2D eigenvalue weighted by molar-refractivity contribution is -0.136. The van der Waals surface area contributed by atoms with Crippen LogP contribution < -0.4 is 10.2 Å². The molecular formula is C38H39N7O4S. The Morgan fingerprint density at radius 3 is 2.42 bits per heavy atom. The van der Waals surface area contributed by atoms with Crippen molar-refractivity contribution in [3.05, 3.63) is 114 Å². The van der Waals surface area contributed by atoms with Crippen LogP contribution in [0.4, 0.5) is 17.1 Å². The van der Waals surface area contributed by atoms with Gasteiger partial charge in [0.15, 0.2) is 5.17 Å². The van der Waals surface area contributed by atoms with Crippen molar-refractivity contribution in [1.82, 2.24) is 19.8 Å². The van der Waals surface area contributed by atoms with Crippen molar-refractivity contribution >= 4 is 51.7 Å². The molecule has 3 saturated heterocycles. The molecule has 256 valence electrons.